The molecule has 0 heterocycles. The van der Waals surface area contributed by atoms with Gasteiger partial charge in [0, 0.05) is 23.2 Å². The van der Waals surface area contributed by atoms with Crippen LogP contribution < -0.4 is 5.73 Å². The van der Waals surface area contributed by atoms with Crippen molar-refractivity contribution in [2.75, 3.05) is 12.8 Å². The molecule has 2 rings (SSSR count). The number of anilines is 1. The van der Waals surface area contributed by atoms with Crippen molar-refractivity contribution in [3.8, 4) is 0 Å². The van der Waals surface area contributed by atoms with E-state index in [-0.39, 0.29) is 0 Å². The minimum absolute atomic E-state index is 0.800. The average Bonchev–Trinajstić information content (AvgIpc) is 2.41. The first-order chi connectivity index (χ1) is 8.33. The summed E-state index contributed by atoms with van der Waals surface area (Å²) in [5.41, 5.74) is 8.92. The van der Waals surface area contributed by atoms with Crippen LogP contribution in [-0.4, -0.2) is 7.11 Å². The standard InChI is InChI=1S/C13H15NO.C2H6/c1-15-13-9-5-3-7-11(13)10-6-2-4-8-12(10)14;1-2/h2-4,6-8H,5,9,14H2,1H3;1-2H3. The fraction of sp³-hybridized carbons (Fsp3) is 0.333. The van der Waals surface area contributed by atoms with Gasteiger partial charge in [-0.15, -0.1) is 0 Å². The van der Waals surface area contributed by atoms with Crippen LogP contribution in [0.1, 0.15) is 32.3 Å². The van der Waals surface area contributed by atoms with E-state index in [9.17, 15) is 0 Å². The molecule has 1 aromatic carbocycles. The molecule has 0 amide bonds. The van der Waals surface area contributed by atoms with Crippen molar-refractivity contribution < 1.29 is 4.74 Å². The van der Waals surface area contributed by atoms with Gasteiger partial charge in [0.05, 0.1) is 7.11 Å². The van der Waals surface area contributed by atoms with Gasteiger partial charge < -0.3 is 10.5 Å². The first-order valence-corrected chi connectivity index (χ1v) is 6.11. The molecule has 0 aliphatic heterocycles. The van der Waals surface area contributed by atoms with Crippen LogP contribution in [0.15, 0.2) is 42.2 Å². The van der Waals surface area contributed by atoms with Gasteiger partial charge >= 0.3 is 0 Å². The van der Waals surface area contributed by atoms with Crippen molar-refractivity contribution in [2.45, 2.75) is 26.7 Å². The summed E-state index contributed by atoms with van der Waals surface area (Å²) in [5.74, 6) is 1.02. The first kappa shape index (κ1) is 13.4. The van der Waals surface area contributed by atoms with Gasteiger partial charge in [0.15, 0.2) is 0 Å². The van der Waals surface area contributed by atoms with E-state index in [2.05, 4.69) is 12.2 Å². The fourth-order valence-electron chi connectivity index (χ4n) is 1.84. The van der Waals surface area contributed by atoms with Crippen LogP contribution in [0.3, 0.4) is 0 Å². The second kappa shape index (κ2) is 6.79. The topological polar surface area (TPSA) is 35.2 Å². The zero-order valence-electron chi connectivity index (χ0n) is 10.9. The molecule has 0 atom stereocenters. The highest BCUT2D eigenvalue weighted by Crippen LogP contribution is 2.30. The van der Waals surface area contributed by atoms with Crippen molar-refractivity contribution in [1.29, 1.82) is 0 Å². The van der Waals surface area contributed by atoms with Gasteiger partial charge in [-0.2, -0.15) is 0 Å². The average molecular weight is 231 g/mol. The summed E-state index contributed by atoms with van der Waals surface area (Å²) >= 11 is 0. The van der Waals surface area contributed by atoms with Gasteiger partial charge in [0.1, 0.15) is 5.76 Å². The minimum atomic E-state index is 0.800. The molecule has 0 fully saturated rings. The van der Waals surface area contributed by atoms with E-state index in [1.54, 1.807) is 7.11 Å². The molecule has 0 aromatic heterocycles. The lowest BCUT2D eigenvalue weighted by atomic mass is 9.97. The Morgan fingerprint density at radius 3 is 2.53 bits per heavy atom. The molecule has 0 saturated heterocycles. The Labute approximate surface area is 104 Å². The van der Waals surface area contributed by atoms with Crippen molar-refractivity contribution in [2.24, 2.45) is 0 Å². The number of benzene rings is 1. The maximum absolute atomic E-state index is 5.94. The summed E-state index contributed by atoms with van der Waals surface area (Å²) in [6.45, 7) is 4.00. The largest absolute Gasteiger partial charge is 0.500 e. The molecule has 0 radical (unpaired) electrons. The molecule has 92 valence electrons. The number of allylic oxidation sites excluding steroid dienone is 4. The number of hydrogen-bond acceptors (Lipinski definition) is 2. The van der Waals surface area contributed by atoms with Gasteiger partial charge in [0.2, 0.25) is 0 Å². The van der Waals surface area contributed by atoms with Crippen LogP contribution in [0.2, 0.25) is 0 Å². The van der Waals surface area contributed by atoms with Crippen LogP contribution in [0.4, 0.5) is 5.69 Å². The highest BCUT2D eigenvalue weighted by molar-refractivity contribution is 5.82. The van der Waals surface area contributed by atoms with Crippen LogP contribution in [0.25, 0.3) is 5.57 Å². The number of nitrogens with two attached hydrogens (primary N) is 1. The Balaban J connectivity index is 0.000000686. The summed E-state index contributed by atoms with van der Waals surface area (Å²) in [5, 5.41) is 0. The lowest BCUT2D eigenvalue weighted by Crippen LogP contribution is -2.00. The summed E-state index contributed by atoms with van der Waals surface area (Å²) in [4.78, 5) is 0. The second-order valence-electron chi connectivity index (χ2n) is 3.57. The van der Waals surface area contributed by atoms with Gasteiger partial charge in [-0.1, -0.05) is 44.2 Å². The van der Waals surface area contributed by atoms with E-state index in [4.69, 9.17) is 10.5 Å². The molecule has 0 bridgehead atoms. The van der Waals surface area contributed by atoms with Crippen LogP contribution >= 0.6 is 0 Å². The first-order valence-electron chi connectivity index (χ1n) is 6.11. The monoisotopic (exact) mass is 231 g/mol. The number of methoxy groups -OCH3 is 1. The van der Waals surface area contributed by atoms with Crippen molar-refractivity contribution in [3.63, 3.8) is 0 Å². The summed E-state index contributed by atoms with van der Waals surface area (Å²) in [6.07, 6.45) is 6.24. The number of ether oxygens (including phenoxy) is 1. The van der Waals surface area contributed by atoms with Crippen LogP contribution in [0, 0.1) is 0 Å². The van der Waals surface area contributed by atoms with Gasteiger partial charge in [0.25, 0.3) is 0 Å². The maximum Gasteiger partial charge on any atom is 0.104 e. The molecule has 0 saturated carbocycles. The quantitative estimate of drug-likeness (QED) is 0.781. The number of nitrogen functional groups attached to an aromatic ring is 1. The molecule has 2 nitrogen and oxygen atoms in total. The summed E-state index contributed by atoms with van der Waals surface area (Å²) in [7, 11) is 1.72. The normalized spacial score (nSPS) is 14.1. The maximum atomic E-state index is 5.94. The van der Waals surface area contributed by atoms with Crippen LogP contribution in [0.5, 0.6) is 0 Å². The molecule has 0 spiro atoms. The minimum Gasteiger partial charge on any atom is -0.500 e. The number of para-hydroxylation sites is 1. The van der Waals surface area contributed by atoms with Crippen molar-refractivity contribution in [3.05, 3.63) is 47.7 Å². The predicted octanol–water partition coefficient (Wildman–Crippen LogP) is 4.00. The Morgan fingerprint density at radius 1 is 1.18 bits per heavy atom. The van der Waals surface area contributed by atoms with E-state index in [0.717, 1.165) is 35.4 Å². The van der Waals surface area contributed by atoms with Gasteiger partial charge in [-0.25, -0.2) is 0 Å². The Hall–Kier alpha value is -1.70. The molecular weight excluding hydrogens is 210 g/mol. The molecule has 17 heavy (non-hydrogen) atoms. The third kappa shape index (κ3) is 3.13. The molecule has 1 aromatic rings. The van der Waals surface area contributed by atoms with Gasteiger partial charge in [-0.3, -0.25) is 0 Å². The van der Waals surface area contributed by atoms with E-state index in [0.29, 0.717) is 0 Å². The molecular formula is C15H21NO. The Bertz CT molecular complexity index is 419. The van der Waals surface area contributed by atoms with Crippen LogP contribution in [-0.2, 0) is 4.74 Å². The molecule has 2 N–H and O–H groups in total. The van der Waals surface area contributed by atoms with E-state index in [1.807, 2.05) is 38.1 Å². The number of hydrogen-bond donors (Lipinski definition) is 1. The zero-order chi connectivity index (χ0) is 12.7. The molecule has 0 unspecified atom stereocenters. The summed E-state index contributed by atoms with van der Waals surface area (Å²) < 4.78 is 5.39. The van der Waals surface area contributed by atoms with E-state index in [1.165, 1.54) is 0 Å². The molecule has 1 aliphatic carbocycles. The lowest BCUT2D eigenvalue weighted by molar-refractivity contribution is 0.279. The van der Waals surface area contributed by atoms with Gasteiger partial charge in [-0.05, 0) is 12.5 Å². The molecule has 2 heteroatoms. The highest BCUT2D eigenvalue weighted by atomic mass is 16.5. The smallest absolute Gasteiger partial charge is 0.104 e. The lowest BCUT2D eigenvalue weighted by Gasteiger charge is -2.16. The highest BCUT2D eigenvalue weighted by Gasteiger charge is 2.12. The molecule has 1 aliphatic rings. The van der Waals surface area contributed by atoms with E-state index < -0.39 is 0 Å². The Morgan fingerprint density at radius 2 is 1.88 bits per heavy atom. The SMILES string of the molecule is CC.COC1=C(c2ccccc2N)C=CCC1. The number of rotatable bonds is 2. The predicted molar refractivity (Wildman–Crippen MR) is 74.5 cm³/mol. The third-order valence-corrected chi connectivity index (χ3v) is 2.62. The Kier molecular flexibility index (Phi) is 5.34. The van der Waals surface area contributed by atoms with E-state index >= 15 is 0 Å². The van der Waals surface area contributed by atoms with Crippen molar-refractivity contribution in [1.82, 2.24) is 0 Å². The zero-order valence-corrected chi connectivity index (χ0v) is 10.9. The van der Waals surface area contributed by atoms with Crippen molar-refractivity contribution >= 4 is 11.3 Å². The summed E-state index contributed by atoms with van der Waals surface area (Å²) in [6, 6.07) is 7.88. The second-order valence-corrected chi connectivity index (χ2v) is 3.57. The third-order valence-electron chi connectivity index (χ3n) is 2.62. The fourth-order valence-corrected chi connectivity index (χ4v) is 1.84.